The zero-order chi connectivity index (χ0) is 20.2. The number of carbonyl (C=O) groups is 1. The zero-order valence-electron chi connectivity index (χ0n) is 17.3. The minimum absolute atomic E-state index is 0.0761. The number of hydrogen-bond acceptors (Lipinski definition) is 2. The van der Waals surface area contributed by atoms with Crippen molar-refractivity contribution in [2.45, 2.75) is 32.4 Å². The molecule has 0 aliphatic carbocycles. The molecule has 150 valence electrons. The number of benzene rings is 2. The summed E-state index contributed by atoms with van der Waals surface area (Å²) in [5.74, 6) is 0.0761. The highest BCUT2D eigenvalue weighted by atomic mass is 16.1. The van der Waals surface area contributed by atoms with E-state index >= 15 is 0 Å². The van der Waals surface area contributed by atoms with Crippen LogP contribution in [0.2, 0.25) is 0 Å². The standard InChI is InChI=1S/C25H29N3O/c1-19-7-5-8-20(15-19)16-25(29)26-17-24(23-11-6-13-27(23)2)28-14-12-21-9-3-4-10-22(21)18-28/h3-11,13,15,24H,12,14,16-18H2,1-2H3,(H,26,29). The van der Waals surface area contributed by atoms with Crippen LogP contribution in [0.5, 0.6) is 0 Å². The first-order valence-corrected chi connectivity index (χ1v) is 10.3. The number of hydrogen-bond donors (Lipinski definition) is 1. The Labute approximate surface area is 173 Å². The zero-order valence-corrected chi connectivity index (χ0v) is 17.3. The van der Waals surface area contributed by atoms with Crippen molar-refractivity contribution in [2.75, 3.05) is 13.1 Å². The molecule has 0 fully saturated rings. The van der Waals surface area contributed by atoms with Gasteiger partial charge in [-0.1, -0.05) is 54.1 Å². The van der Waals surface area contributed by atoms with Crippen LogP contribution in [0.15, 0.2) is 66.9 Å². The maximum atomic E-state index is 12.6. The molecule has 0 radical (unpaired) electrons. The molecular formula is C25H29N3O. The molecule has 1 aliphatic heterocycles. The molecule has 0 saturated heterocycles. The Hall–Kier alpha value is -2.85. The lowest BCUT2D eigenvalue weighted by Crippen LogP contribution is -2.41. The second-order valence-corrected chi connectivity index (χ2v) is 8.02. The smallest absolute Gasteiger partial charge is 0.224 e. The first kappa shape index (κ1) is 19.5. The number of carbonyl (C=O) groups excluding carboxylic acids is 1. The molecule has 2 aromatic carbocycles. The van der Waals surface area contributed by atoms with Gasteiger partial charge in [0.25, 0.3) is 0 Å². The lowest BCUT2D eigenvalue weighted by molar-refractivity contribution is -0.120. The Morgan fingerprint density at radius 1 is 1.07 bits per heavy atom. The molecule has 1 aromatic heterocycles. The molecule has 3 aromatic rings. The summed E-state index contributed by atoms with van der Waals surface area (Å²) in [4.78, 5) is 15.1. The van der Waals surface area contributed by atoms with E-state index in [2.05, 4.69) is 83.5 Å². The fraction of sp³-hybridized carbons (Fsp3) is 0.320. The fourth-order valence-electron chi connectivity index (χ4n) is 4.31. The van der Waals surface area contributed by atoms with E-state index in [9.17, 15) is 4.79 Å². The van der Waals surface area contributed by atoms with Crippen LogP contribution in [-0.2, 0) is 31.2 Å². The first-order chi connectivity index (χ1) is 14.1. The highest BCUT2D eigenvalue weighted by Crippen LogP contribution is 2.27. The number of rotatable bonds is 6. The van der Waals surface area contributed by atoms with Crippen LogP contribution in [-0.4, -0.2) is 28.5 Å². The summed E-state index contributed by atoms with van der Waals surface area (Å²) in [5, 5.41) is 3.19. The molecule has 2 heterocycles. The van der Waals surface area contributed by atoms with Crippen LogP contribution in [0, 0.1) is 6.92 Å². The van der Waals surface area contributed by atoms with Crippen LogP contribution >= 0.6 is 0 Å². The Morgan fingerprint density at radius 2 is 1.90 bits per heavy atom. The van der Waals surface area contributed by atoms with Crippen molar-refractivity contribution in [3.63, 3.8) is 0 Å². The van der Waals surface area contributed by atoms with Gasteiger partial charge >= 0.3 is 0 Å². The average molecular weight is 388 g/mol. The molecule has 4 rings (SSSR count). The molecule has 0 saturated carbocycles. The van der Waals surface area contributed by atoms with Gasteiger partial charge in [-0.15, -0.1) is 0 Å². The molecule has 1 aliphatic rings. The molecule has 0 spiro atoms. The van der Waals surface area contributed by atoms with E-state index < -0.39 is 0 Å². The van der Waals surface area contributed by atoms with Crippen molar-refractivity contribution in [1.82, 2.24) is 14.8 Å². The van der Waals surface area contributed by atoms with Crippen LogP contribution < -0.4 is 5.32 Å². The Balaban J connectivity index is 1.47. The first-order valence-electron chi connectivity index (χ1n) is 10.3. The lowest BCUT2D eigenvalue weighted by atomic mass is 9.97. The summed E-state index contributed by atoms with van der Waals surface area (Å²) in [6, 6.07) is 21.2. The van der Waals surface area contributed by atoms with Gasteiger partial charge in [0.1, 0.15) is 0 Å². The molecule has 29 heavy (non-hydrogen) atoms. The van der Waals surface area contributed by atoms with Gasteiger partial charge in [-0.2, -0.15) is 0 Å². The summed E-state index contributed by atoms with van der Waals surface area (Å²) in [5.41, 5.74) is 6.32. The Kier molecular flexibility index (Phi) is 5.81. The minimum atomic E-state index is 0.0761. The maximum absolute atomic E-state index is 12.6. The second kappa shape index (κ2) is 8.66. The van der Waals surface area contributed by atoms with Crippen LogP contribution in [0.1, 0.15) is 34.0 Å². The van der Waals surface area contributed by atoms with Gasteiger partial charge in [-0.05, 0) is 42.2 Å². The van der Waals surface area contributed by atoms with Gasteiger partial charge in [-0.3, -0.25) is 9.69 Å². The number of nitrogens with zero attached hydrogens (tertiary/aromatic N) is 2. The van der Waals surface area contributed by atoms with Crippen molar-refractivity contribution < 1.29 is 4.79 Å². The normalized spacial score (nSPS) is 15.0. The van der Waals surface area contributed by atoms with Gasteiger partial charge in [0.2, 0.25) is 5.91 Å². The number of nitrogens with one attached hydrogen (secondary N) is 1. The summed E-state index contributed by atoms with van der Waals surface area (Å²) in [6.45, 7) is 4.59. The quantitative estimate of drug-likeness (QED) is 0.699. The van der Waals surface area contributed by atoms with Gasteiger partial charge in [-0.25, -0.2) is 0 Å². The largest absolute Gasteiger partial charge is 0.354 e. The molecule has 4 nitrogen and oxygen atoms in total. The topological polar surface area (TPSA) is 37.3 Å². The van der Waals surface area contributed by atoms with Gasteiger partial charge < -0.3 is 9.88 Å². The van der Waals surface area contributed by atoms with Gasteiger partial charge in [0, 0.05) is 38.6 Å². The van der Waals surface area contributed by atoms with E-state index in [4.69, 9.17) is 0 Å². The molecule has 1 N–H and O–H groups in total. The number of amides is 1. The third-order valence-electron chi connectivity index (χ3n) is 5.87. The third-order valence-corrected chi connectivity index (χ3v) is 5.87. The molecular weight excluding hydrogens is 358 g/mol. The van der Waals surface area contributed by atoms with Crippen molar-refractivity contribution in [1.29, 1.82) is 0 Å². The highest BCUT2D eigenvalue weighted by Gasteiger charge is 2.26. The SMILES string of the molecule is Cc1cccc(CC(=O)NCC(c2cccn2C)N2CCc3ccccc3C2)c1. The molecule has 1 amide bonds. The van der Waals surface area contributed by atoms with Gasteiger partial charge in [0.05, 0.1) is 12.5 Å². The van der Waals surface area contributed by atoms with Crippen LogP contribution in [0.4, 0.5) is 0 Å². The average Bonchev–Trinajstić information content (AvgIpc) is 3.14. The Bertz CT molecular complexity index is 991. The van der Waals surface area contributed by atoms with E-state index in [0.717, 1.165) is 25.1 Å². The van der Waals surface area contributed by atoms with Crippen LogP contribution in [0.3, 0.4) is 0 Å². The summed E-state index contributed by atoms with van der Waals surface area (Å²) in [7, 11) is 2.08. The van der Waals surface area contributed by atoms with E-state index in [-0.39, 0.29) is 11.9 Å². The van der Waals surface area contributed by atoms with E-state index in [1.54, 1.807) is 0 Å². The number of aryl methyl sites for hydroxylation is 2. The number of fused-ring (bicyclic) bond motifs is 1. The van der Waals surface area contributed by atoms with E-state index in [1.807, 2.05) is 12.1 Å². The maximum Gasteiger partial charge on any atom is 0.224 e. The molecule has 1 atom stereocenters. The molecule has 4 heteroatoms. The summed E-state index contributed by atoms with van der Waals surface area (Å²) >= 11 is 0. The fourth-order valence-corrected chi connectivity index (χ4v) is 4.31. The van der Waals surface area contributed by atoms with Crippen molar-refractivity contribution >= 4 is 5.91 Å². The lowest BCUT2D eigenvalue weighted by Gasteiger charge is -2.36. The molecule has 0 bridgehead atoms. The summed E-state index contributed by atoms with van der Waals surface area (Å²) in [6.07, 6.45) is 3.55. The predicted octanol–water partition coefficient (Wildman–Crippen LogP) is 3.79. The van der Waals surface area contributed by atoms with Crippen molar-refractivity contribution in [2.24, 2.45) is 7.05 Å². The Morgan fingerprint density at radius 3 is 2.66 bits per heavy atom. The number of aromatic nitrogens is 1. The van der Waals surface area contributed by atoms with E-state index in [0.29, 0.717) is 13.0 Å². The monoisotopic (exact) mass is 387 g/mol. The third kappa shape index (κ3) is 4.60. The van der Waals surface area contributed by atoms with E-state index in [1.165, 1.54) is 22.4 Å². The van der Waals surface area contributed by atoms with Crippen molar-refractivity contribution in [3.05, 3.63) is 94.8 Å². The summed E-state index contributed by atoms with van der Waals surface area (Å²) < 4.78 is 2.16. The minimum Gasteiger partial charge on any atom is -0.354 e. The highest BCUT2D eigenvalue weighted by molar-refractivity contribution is 5.78. The van der Waals surface area contributed by atoms with Crippen molar-refractivity contribution in [3.8, 4) is 0 Å². The predicted molar refractivity (Wildman–Crippen MR) is 117 cm³/mol. The van der Waals surface area contributed by atoms with Gasteiger partial charge in [0.15, 0.2) is 0 Å². The van der Waals surface area contributed by atoms with Crippen LogP contribution in [0.25, 0.3) is 0 Å². The molecule has 1 unspecified atom stereocenters. The second-order valence-electron chi connectivity index (χ2n) is 8.02.